The number of hydrogen-bond donors (Lipinski definition) is 0. The average Bonchev–Trinajstić information content (AvgIpc) is 2.64. The Kier molecular flexibility index (Phi) is 3.93. The SMILES string of the molecule is COc1ccc(CC2(C#N)CCC(C)(C)C2=O)cc1Br. The Hall–Kier alpha value is -1.34. The summed E-state index contributed by atoms with van der Waals surface area (Å²) in [4.78, 5) is 12.5. The van der Waals surface area contributed by atoms with Gasteiger partial charge in [0.2, 0.25) is 0 Å². The second kappa shape index (κ2) is 5.21. The van der Waals surface area contributed by atoms with Crippen molar-refractivity contribution in [1.29, 1.82) is 5.26 Å². The third-order valence-corrected chi connectivity index (χ3v) is 4.78. The molecule has 0 N–H and O–H groups in total. The summed E-state index contributed by atoms with van der Waals surface area (Å²) in [6, 6.07) is 7.98. The molecule has 0 radical (unpaired) electrons. The van der Waals surface area contributed by atoms with Crippen LogP contribution in [0.1, 0.15) is 32.3 Å². The van der Waals surface area contributed by atoms with Crippen molar-refractivity contribution in [3.05, 3.63) is 28.2 Å². The van der Waals surface area contributed by atoms with Crippen molar-refractivity contribution < 1.29 is 9.53 Å². The Labute approximate surface area is 128 Å². The molecule has 0 aromatic heterocycles. The molecule has 0 bridgehead atoms. The van der Waals surface area contributed by atoms with E-state index in [4.69, 9.17) is 4.74 Å². The van der Waals surface area contributed by atoms with E-state index in [1.54, 1.807) is 7.11 Å². The molecule has 3 nitrogen and oxygen atoms in total. The van der Waals surface area contributed by atoms with Crippen molar-refractivity contribution in [2.75, 3.05) is 7.11 Å². The number of nitrogens with zero attached hydrogens (tertiary/aromatic N) is 1. The van der Waals surface area contributed by atoms with Gasteiger partial charge in [-0.2, -0.15) is 5.26 Å². The quantitative estimate of drug-likeness (QED) is 0.841. The molecule has 0 amide bonds. The lowest BCUT2D eigenvalue weighted by Crippen LogP contribution is -2.33. The van der Waals surface area contributed by atoms with Crippen molar-refractivity contribution in [3.8, 4) is 11.8 Å². The lowest BCUT2D eigenvalue weighted by Gasteiger charge is -2.22. The van der Waals surface area contributed by atoms with Crippen LogP contribution in [0.2, 0.25) is 0 Å². The number of benzene rings is 1. The topological polar surface area (TPSA) is 50.1 Å². The summed E-state index contributed by atoms with van der Waals surface area (Å²) in [6.45, 7) is 3.86. The largest absolute Gasteiger partial charge is 0.496 e. The highest BCUT2D eigenvalue weighted by atomic mass is 79.9. The second-order valence-corrected chi connectivity index (χ2v) is 6.91. The number of ketones is 1. The van der Waals surface area contributed by atoms with Gasteiger partial charge in [0.1, 0.15) is 11.2 Å². The molecule has 2 rings (SSSR count). The number of carbonyl (C=O) groups is 1. The Morgan fingerprint density at radius 3 is 2.55 bits per heavy atom. The Morgan fingerprint density at radius 1 is 1.40 bits per heavy atom. The van der Waals surface area contributed by atoms with Crippen molar-refractivity contribution >= 4 is 21.7 Å². The van der Waals surface area contributed by atoms with Crippen LogP contribution in [-0.2, 0) is 11.2 Å². The summed E-state index contributed by atoms with van der Waals surface area (Å²) in [5, 5.41) is 9.54. The molecule has 1 aromatic carbocycles. The summed E-state index contributed by atoms with van der Waals surface area (Å²) in [5.74, 6) is 0.817. The van der Waals surface area contributed by atoms with Crippen LogP contribution in [0.25, 0.3) is 0 Å². The number of halogens is 1. The van der Waals surface area contributed by atoms with Gasteiger partial charge in [0, 0.05) is 5.41 Å². The number of carbonyl (C=O) groups excluding carboxylic acids is 1. The predicted molar refractivity (Wildman–Crippen MR) is 80.5 cm³/mol. The van der Waals surface area contributed by atoms with Crippen LogP contribution in [-0.4, -0.2) is 12.9 Å². The predicted octanol–water partition coefficient (Wildman–Crippen LogP) is 3.90. The van der Waals surface area contributed by atoms with E-state index >= 15 is 0 Å². The normalized spacial score (nSPS) is 24.4. The first-order valence-corrected chi connectivity index (χ1v) is 7.42. The highest BCUT2D eigenvalue weighted by Gasteiger charge is 2.52. The van der Waals surface area contributed by atoms with Gasteiger partial charge >= 0.3 is 0 Å². The molecular weight excluding hydrogens is 318 g/mol. The molecule has 0 spiro atoms. The van der Waals surface area contributed by atoms with Gasteiger partial charge in [-0.1, -0.05) is 19.9 Å². The minimum Gasteiger partial charge on any atom is -0.496 e. The molecule has 0 heterocycles. The van der Waals surface area contributed by atoms with E-state index in [-0.39, 0.29) is 11.2 Å². The summed E-state index contributed by atoms with van der Waals surface area (Å²) in [5.41, 5.74) is -0.290. The van der Waals surface area contributed by atoms with Gasteiger partial charge in [-0.05, 0) is 52.9 Å². The van der Waals surface area contributed by atoms with E-state index in [1.165, 1.54) is 0 Å². The van der Waals surface area contributed by atoms with Crippen LogP contribution >= 0.6 is 15.9 Å². The first-order chi connectivity index (χ1) is 9.34. The molecule has 1 atom stereocenters. The number of Topliss-reactive ketones (excluding diaryl/α,β-unsaturated/α-hetero) is 1. The molecule has 1 fully saturated rings. The monoisotopic (exact) mass is 335 g/mol. The second-order valence-electron chi connectivity index (χ2n) is 6.05. The molecule has 1 aliphatic carbocycles. The summed E-state index contributed by atoms with van der Waals surface area (Å²) < 4.78 is 6.04. The van der Waals surface area contributed by atoms with Crippen LogP contribution in [0.3, 0.4) is 0 Å². The van der Waals surface area contributed by atoms with Gasteiger partial charge < -0.3 is 4.74 Å². The third kappa shape index (κ3) is 2.47. The van der Waals surface area contributed by atoms with Crippen LogP contribution in [0.5, 0.6) is 5.75 Å². The van der Waals surface area contributed by atoms with Gasteiger partial charge in [-0.25, -0.2) is 0 Å². The Morgan fingerprint density at radius 2 is 2.10 bits per heavy atom. The molecule has 0 aliphatic heterocycles. The maximum atomic E-state index is 12.5. The molecule has 1 unspecified atom stereocenters. The average molecular weight is 336 g/mol. The highest BCUT2D eigenvalue weighted by molar-refractivity contribution is 9.10. The molecule has 4 heteroatoms. The molecule has 20 heavy (non-hydrogen) atoms. The maximum absolute atomic E-state index is 12.5. The summed E-state index contributed by atoms with van der Waals surface area (Å²) >= 11 is 3.44. The Bertz CT molecular complexity index is 589. The number of methoxy groups -OCH3 is 1. The van der Waals surface area contributed by atoms with Crippen LogP contribution in [0.15, 0.2) is 22.7 Å². The Balaban J connectivity index is 2.31. The van der Waals surface area contributed by atoms with E-state index in [0.29, 0.717) is 12.8 Å². The number of nitriles is 1. The van der Waals surface area contributed by atoms with E-state index in [0.717, 1.165) is 22.2 Å². The van der Waals surface area contributed by atoms with Crippen molar-refractivity contribution in [2.45, 2.75) is 33.1 Å². The van der Waals surface area contributed by atoms with E-state index in [2.05, 4.69) is 22.0 Å². The minimum absolute atomic E-state index is 0.0689. The molecule has 106 valence electrons. The van der Waals surface area contributed by atoms with E-state index < -0.39 is 5.41 Å². The van der Waals surface area contributed by atoms with Crippen molar-refractivity contribution in [3.63, 3.8) is 0 Å². The summed E-state index contributed by atoms with van der Waals surface area (Å²) in [7, 11) is 1.61. The lowest BCUT2D eigenvalue weighted by atomic mass is 9.77. The van der Waals surface area contributed by atoms with Gasteiger partial charge in [-0.3, -0.25) is 4.79 Å². The van der Waals surface area contributed by atoms with Crippen LogP contribution in [0, 0.1) is 22.2 Å². The summed E-state index contributed by atoms with van der Waals surface area (Å²) in [6.07, 6.45) is 1.88. The van der Waals surface area contributed by atoms with E-state index in [1.807, 2.05) is 32.0 Å². The number of hydrogen-bond acceptors (Lipinski definition) is 3. The molecule has 1 aliphatic rings. The van der Waals surface area contributed by atoms with Gasteiger partial charge in [0.15, 0.2) is 5.78 Å². The third-order valence-electron chi connectivity index (χ3n) is 4.16. The minimum atomic E-state index is -0.877. The number of ether oxygens (including phenoxy) is 1. The standard InChI is InChI=1S/C16H18BrNO2/c1-15(2)6-7-16(10-18,14(15)19)9-11-4-5-13(20-3)12(17)8-11/h4-5,8H,6-7,9H2,1-3H3. The van der Waals surface area contributed by atoms with Crippen molar-refractivity contribution in [1.82, 2.24) is 0 Å². The zero-order chi connectivity index (χ0) is 15.0. The highest BCUT2D eigenvalue weighted by Crippen LogP contribution is 2.47. The van der Waals surface area contributed by atoms with Crippen LogP contribution in [0.4, 0.5) is 0 Å². The zero-order valence-electron chi connectivity index (χ0n) is 12.0. The molecule has 1 aromatic rings. The molecule has 1 saturated carbocycles. The smallest absolute Gasteiger partial charge is 0.158 e. The van der Waals surface area contributed by atoms with Gasteiger partial charge in [0.25, 0.3) is 0 Å². The fourth-order valence-corrected chi connectivity index (χ4v) is 3.47. The van der Waals surface area contributed by atoms with E-state index in [9.17, 15) is 10.1 Å². The van der Waals surface area contributed by atoms with Crippen molar-refractivity contribution in [2.24, 2.45) is 10.8 Å². The van der Waals surface area contributed by atoms with Gasteiger partial charge in [0.05, 0.1) is 17.7 Å². The maximum Gasteiger partial charge on any atom is 0.158 e. The fraction of sp³-hybridized carbons (Fsp3) is 0.500. The van der Waals surface area contributed by atoms with Gasteiger partial charge in [-0.15, -0.1) is 0 Å². The molecular formula is C16H18BrNO2. The zero-order valence-corrected chi connectivity index (χ0v) is 13.6. The van der Waals surface area contributed by atoms with Crippen LogP contribution < -0.4 is 4.74 Å². The fourth-order valence-electron chi connectivity index (χ4n) is 2.88. The molecule has 0 saturated heterocycles. The first-order valence-electron chi connectivity index (χ1n) is 6.63. The number of rotatable bonds is 3. The first kappa shape index (κ1) is 15.1. The lowest BCUT2D eigenvalue weighted by molar-refractivity contribution is -0.130.